The highest BCUT2D eigenvalue weighted by Crippen LogP contribution is 2.31. The standard InChI is InChI=1S/C28H38N6O7/c1-2-30-27(37)24(21(36)13-35)41-17-34-16-31-23-25(29)32-22(33-26(23)34)12-18-8-10-20(11-9-18)15-40-28(38)39-14-19-6-4-3-5-7-19/h3-7,16,18,20-21,24,35-36H,2,8-15,17H2,1H3,(H,30,37)(H2,29,32,33)/t18?,20?,21?,24-/m0/s1. The maximum atomic E-state index is 12.3. The summed E-state index contributed by atoms with van der Waals surface area (Å²) in [5.41, 5.74) is 7.95. The summed E-state index contributed by atoms with van der Waals surface area (Å²) in [5, 5.41) is 21.9. The maximum absolute atomic E-state index is 12.3. The summed E-state index contributed by atoms with van der Waals surface area (Å²) in [6.07, 6.45) is 2.50. The van der Waals surface area contributed by atoms with E-state index in [1.54, 1.807) is 11.5 Å². The van der Waals surface area contributed by atoms with Crippen molar-refractivity contribution in [1.29, 1.82) is 0 Å². The molecule has 2 atom stereocenters. The van der Waals surface area contributed by atoms with Crippen molar-refractivity contribution in [1.82, 2.24) is 24.8 Å². The van der Waals surface area contributed by atoms with Crippen LogP contribution in [-0.2, 0) is 38.8 Å². The number of carbonyl (C=O) groups excluding carboxylic acids is 2. The zero-order chi connectivity index (χ0) is 29.2. The lowest BCUT2D eigenvalue weighted by molar-refractivity contribution is -0.147. The number of nitrogens with zero attached hydrogens (tertiary/aromatic N) is 4. The number of ether oxygens (including phenoxy) is 3. The molecule has 1 unspecified atom stereocenters. The van der Waals surface area contributed by atoms with E-state index in [-0.39, 0.29) is 25.1 Å². The van der Waals surface area contributed by atoms with Crippen LogP contribution in [0, 0.1) is 11.8 Å². The predicted octanol–water partition coefficient (Wildman–Crippen LogP) is 1.94. The third-order valence-electron chi connectivity index (χ3n) is 7.15. The van der Waals surface area contributed by atoms with Gasteiger partial charge in [-0.3, -0.25) is 9.36 Å². The van der Waals surface area contributed by atoms with Gasteiger partial charge in [-0.05, 0) is 50.0 Å². The summed E-state index contributed by atoms with van der Waals surface area (Å²) >= 11 is 0. The van der Waals surface area contributed by atoms with Gasteiger partial charge in [0.15, 0.2) is 17.6 Å². The number of fused-ring (bicyclic) bond motifs is 1. The molecule has 1 saturated carbocycles. The first kappa shape index (κ1) is 30.2. The lowest BCUT2D eigenvalue weighted by atomic mass is 9.81. The molecule has 0 spiro atoms. The van der Waals surface area contributed by atoms with E-state index in [2.05, 4.69) is 20.3 Å². The molecule has 0 aliphatic heterocycles. The van der Waals surface area contributed by atoms with Gasteiger partial charge < -0.3 is 35.5 Å². The predicted molar refractivity (Wildman–Crippen MR) is 148 cm³/mol. The normalized spacial score (nSPS) is 18.5. The Kier molecular flexibility index (Phi) is 10.8. The zero-order valence-corrected chi connectivity index (χ0v) is 23.1. The number of aromatic nitrogens is 4. The van der Waals surface area contributed by atoms with E-state index in [0.29, 0.717) is 42.5 Å². The first-order chi connectivity index (χ1) is 19.9. The lowest BCUT2D eigenvalue weighted by Crippen LogP contribution is -2.45. The Morgan fingerprint density at radius 1 is 1.12 bits per heavy atom. The van der Waals surface area contributed by atoms with Crippen LogP contribution in [0.4, 0.5) is 10.6 Å². The molecule has 13 nitrogen and oxygen atoms in total. The second kappa shape index (κ2) is 14.7. The Morgan fingerprint density at radius 3 is 2.56 bits per heavy atom. The Bertz CT molecular complexity index is 1280. The van der Waals surface area contributed by atoms with Gasteiger partial charge in [-0.15, -0.1) is 0 Å². The molecule has 1 fully saturated rings. The summed E-state index contributed by atoms with van der Waals surface area (Å²) in [5.74, 6) is 0.919. The number of hydrogen-bond donors (Lipinski definition) is 4. The van der Waals surface area contributed by atoms with Crippen LogP contribution in [0.15, 0.2) is 36.7 Å². The van der Waals surface area contributed by atoms with Crippen molar-refractivity contribution in [2.75, 3.05) is 25.5 Å². The van der Waals surface area contributed by atoms with E-state index in [1.807, 2.05) is 30.3 Å². The fraction of sp³-hybridized carbons (Fsp3) is 0.536. The van der Waals surface area contributed by atoms with Gasteiger partial charge in [-0.25, -0.2) is 19.7 Å². The van der Waals surface area contributed by atoms with Crippen molar-refractivity contribution in [2.24, 2.45) is 11.8 Å². The Balaban J connectivity index is 1.28. The SMILES string of the molecule is CCNC(=O)[C@@H](OCn1cnc2c(N)nc(CC3CCC(COC(=O)OCc4ccccc4)CC3)nc21)C(O)CO. The third-order valence-corrected chi connectivity index (χ3v) is 7.15. The smallest absolute Gasteiger partial charge is 0.434 e. The van der Waals surface area contributed by atoms with E-state index in [9.17, 15) is 19.8 Å². The van der Waals surface area contributed by atoms with Gasteiger partial charge in [0, 0.05) is 13.0 Å². The van der Waals surface area contributed by atoms with Crippen LogP contribution >= 0.6 is 0 Å². The minimum Gasteiger partial charge on any atom is -0.434 e. The number of hydrogen-bond acceptors (Lipinski definition) is 11. The third kappa shape index (κ3) is 8.35. The van der Waals surface area contributed by atoms with Gasteiger partial charge in [0.05, 0.1) is 19.5 Å². The summed E-state index contributed by atoms with van der Waals surface area (Å²) in [6.45, 7) is 1.85. The maximum Gasteiger partial charge on any atom is 0.508 e. The highest BCUT2D eigenvalue weighted by atomic mass is 16.7. The second-order valence-corrected chi connectivity index (χ2v) is 10.2. The van der Waals surface area contributed by atoms with E-state index < -0.39 is 30.9 Å². The van der Waals surface area contributed by atoms with Gasteiger partial charge in [0.1, 0.15) is 30.8 Å². The lowest BCUT2D eigenvalue weighted by Gasteiger charge is -2.27. The van der Waals surface area contributed by atoms with Gasteiger partial charge in [0.2, 0.25) is 0 Å². The van der Waals surface area contributed by atoms with Gasteiger partial charge >= 0.3 is 6.16 Å². The van der Waals surface area contributed by atoms with Gasteiger partial charge in [0.25, 0.3) is 5.91 Å². The fourth-order valence-electron chi connectivity index (χ4n) is 4.90. The number of anilines is 1. The van der Waals surface area contributed by atoms with Crippen molar-refractivity contribution >= 4 is 29.0 Å². The Morgan fingerprint density at radius 2 is 1.85 bits per heavy atom. The van der Waals surface area contributed by atoms with Crippen LogP contribution in [0.3, 0.4) is 0 Å². The first-order valence-corrected chi connectivity index (χ1v) is 13.9. The molecule has 1 aliphatic carbocycles. The number of amides is 1. The van der Waals surface area contributed by atoms with Gasteiger partial charge in [-0.1, -0.05) is 30.3 Å². The number of rotatable bonds is 13. The number of nitrogens with two attached hydrogens (primary N) is 1. The van der Waals surface area contributed by atoms with Crippen LogP contribution in [0.1, 0.15) is 44.0 Å². The van der Waals surface area contributed by atoms with Crippen molar-refractivity contribution in [2.45, 2.75) is 64.6 Å². The van der Waals surface area contributed by atoms with Crippen LogP contribution in [-0.4, -0.2) is 73.8 Å². The van der Waals surface area contributed by atoms with Crippen molar-refractivity contribution < 1.29 is 34.0 Å². The highest BCUT2D eigenvalue weighted by molar-refractivity contribution is 5.82. The van der Waals surface area contributed by atoms with E-state index in [4.69, 9.17) is 19.9 Å². The molecule has 4 rings (SSSR count). The average molecular weight is 571 g/mol. The quantitative estimate of drug-likeness (QED) is 0.220. The molecule has 0 radical (unpaired) electrons. The summed E-state index contributed by atoms with van der Waals surface area (Å²) in [4.78, 5) is 37.6. The van der Waals surface area contributed by atoms with E-state index in [0.717, 1.165) is 31.2 Å². The molecule has 5 N–H and O–H groups in total. The minimum absolute atomic E-state index is 0.135. The highest BCUT2D eigenvalue weighted by Gasteiger charge is 2.28. The van der Waals surface area contributed by atoms with Crippen LogP contribution in [0.2, 0.25) is 0 Å². The van der Waals surface area contributed by atoms with Crippen molar-refractivity contribution in [3.8, 4) is 0 Å². The largest absolute Gasteiger partial charge is 0.508 e. The van der Waals surface area contributed by atoms with E-state index >= 15 is 0 Å². The van der Waals surface area contributed by atoms with Gasteiger partial charge in [-0.2, -0.15) is 0 Å². The monoisotopic (exact) mass is 570 g/mol. The number of nitrogens with one attached hydrogen (secondary N) is 1. The molecule has 0 saturated heterocycles. The molecule has 41 heavy (non-hydrogen) atoms. The number of aliphatic hydroxyl groups excluding tert-OH is 2. The average Bonchev–Trinajstić information content (AvgIpc) is 3.39. The van der Waals surface area contributed by atoms with Crippen molar-refractivity contribution in [3.63, 3.8) is 0 Å². The molecule has 3 aromatic rings. The van der Waals surface area contributed by atoms with Crippen LogP contribution in [0.25, 0.3) is 11.2 Å². The molecule has 1 aromatic carbocycles. The molecule has 1 aliphatic rings. The number of benzene rings is 1. The number of likely N-dealkylation sites (N-methyl/N-ethyl adjacent to an activating group) is 1. The molecule has 2 aromatic heterocycles. The first-order valence-electron chi connectivity index (χ1n) is 13.9. The molecule has 2 heterocycles. The minimum atomic E-state index is -1.38. The number of carbonyl (C=O) groups is 2. The number of aliphatic hydroxyl groups is 2. The summed E-state index contributed by atoms with van der Waals surface area (Å²) in [7, 11) is 0. The second-order valence-electron chi connectivity index (χ2n) is 10.2. The Hall–Kier alpha value is -3.81. The zero-order valence-electron chi connectivity index (χ0n) is 23.1. The molecule has 1 amide bonds. The van der Waals surface area contributed by atoms with Crippen molar-refractivity contribution in [3.05, 3.63) is 48.0 Å². The number of nitrogen functional groups attached to an aromatic ring is 1. The number of imidazole rings is 1. The van der Waals surface area contributed by atoms with Crippen LogP contribution < -0.4 is 11.1 Å². The molecular weight excluding hydrogens is 532 g/mol. The Labute approximate surface area is 238 Å². The topological polar surface area (TPSA) is 184 Å². The van der Waals surface area contributed by atoms with E-state index in [1.165, 1.54) is 6.33 Å². The fourth-order valence-corrected chi connectivity index (χ4v) is 4.90. The molecule has 0 bridgehead atoms. The molecule has 222 valence electrons. The van der Waals surface area contributed by atoms with Crippen LogP contribution in [0.5, 0.6) is 0 Å². The molecule has 13 heteroatoms. The summed E-state index contributed by atoms with van der Waals surface area (Å²) < 4.78 is 17.7. The summed E-state index contributed by atoms with van der Waals surface area (Å²) in [6, 6.07) is 9.46. The molecular formula is C28H38N6O7.